The van der Waals surface area contributed by atoms with E-state index in [-0.39, 0.29) is 17.3 Å². The summed E-state index contributed by atoms with van der Waals surface area (Å²) in [5, 5.41) is 29.7. The number of carbonyl (C=O) groups is 2. The number of azo groups is 1. The fourth-order valence-electron chi connectivity index (χ4n) is 3.25. The minimum absolute atomic E-state index is 0.119. The zero-order chi connectivity index (χ0) is 22.1. The van der Waals surface area contributed by atoms with Crippen molar-refractivity contribution in [1.82, 2.24) is 4.57 Å². The van der Waals surface area contributed by atoms with Crippen LogP contribution in [0, 0.1) is 0 Å². The van der Waals surface area contributed by atoms with Crippen LogP contribution in [0.4, 0.5) is 0 Å². The lowest BCUT2D eigenvalue weighted by Gasteiger charge is -2.11. The van der Waals surface area contributed by atoms with E-state index in [1.54, 1.807) is 6.07 Å². The Morgan fingerprint density at radius 2 is 1.61 bits per heavy atom. The first-order valence-electron chi connectivity index (χ1n) is 9.51. The highest BCUT2D eigenvalue weighted by atomic mass is 16.5. The number of hydrogen-bond acceptors (Lipinski definition) is 5. The van der Waals surface area contributed by atoms with E-state index in [1.807, 2.05) is 36.4 Å². The average molecular weight is 417 g/mol. The Bertz CT molecular complexity index is 1360. The molecule has 8 heteroatoms. The molecule has 4 aromatic rings. The van der Waals surface area contributed by atoms with Crippen LogP contribution in [0.1, 0.15) is 17.3 Å². The molecule has 0 bridgehead atoms. The van der Waals surface area contributed by atoms with Crippen LogP contribution < -0.4 is 4.74 Å². The Morgan fingerprint density at radius 3 is 2.39 bits per heavy atom. The van der Waals surface area contributed by atoms with Crippen LogP contribution in [-0.4, -0.2) is 32.7 Å². The molecule has 3 aromatic carbocycles. The molecule has 0 saturated heterocycles. The van der Waals surface area contributed by atoms with Gasteiger partial charge < -0.3 is 14.9 Å². The predicted octanol–water partition coefficient (Wildman–Crippen LogP) is 4.33. The molecule has 4 rings (SSSR count). The fraction of sp³-hybridized carbons (Fsp3) is 0.130. The molecule has 1 aromatic heterocycles. The number of benzene rings is 3. The third-order valence-electron chi connectivity index (χ3n) is 5.00. The van der Waals surface area contributed by atoms with Crippen molar-refractivity contribution in [2.45, 2.75) is 13.0 Å². The summed E-state index contributed by atoms with van der Waals surface area (Å²) in [6, 6.07) is 17.5. The van der Waals surface area contributed by atoms with Gasteiger partial charge in [0.2, 0.25) is 11.8 Å². The molecule has 2 amide bonds. The van der Waals surface area contributed by atoms with Gasteiger partial charge in [-0.2, -0.15) is 0 Å². The van der Waals surface area contributed by atoms with Gasteiger partial charge in [-0.3, -0.25) is 14.2 Å². The van der Waals surface area contributed by atoms with Gasteiger partial charge in [0, 0.05) is 23.4 Å². The van der Waals surface area contributed by atoms with Crippen molar-refractivity contribution >= 4 is 33.4 Å². The normalized spacial score (nSPS) is 12.5. The molecule has 2 N–H and O–H groups in total. The van der Waals surface area contributed by atoms with Gasteiger partial charge in [0.1, 0.15) is 5.75 Å². The first-order chi connectivity index (χ1) is 14.8. The van der Waals surface area contributed by atoms with Crippen LogP contribution in [0.5, 0.6) is 17.5 Å². The number of aromatic nitrogens is 1. The van der Waals surface area contributed by atoms with Crippen LogP contribution in [-0.2, 0) is 11.8 Å². The SMILES string of the molecule is CC(Oc1ccc2ccccc2c1)C(=O)N=NC(=O)c1ccc2c(O)n(C)c(O)c2c1. The summed E-state index contributed by atoms with van der Waals surface area (Å²) in [6.45, 7) is 1.53. The van der Waals surface area contributed by atoms with Crippen molar-refractivity contribution in [3.8, 4) is 17.5 Å². The van der Waals surface area contributed by atoms with Gasteiger partial charge in [-0.05, 0) is 48.0 Å². The van der Waals surface area contributed by atoms with Gasteiger partial charge >= 0.3 is 5.91 Å². The third-order valence-corrected chi connectivity index (χ3v) is 5.00. The Kier molecular flexibility index (Phi) is 5.12. The molecule has 0 spiro atoms. The van der Waals surface area contributed by atoms with Gasteiger partial charge in [0.05, 0.1) is 0 Å². The van der Waals surface area contributed by atoms with Crippen LogP contribution in [0.3, 0.4) is 0 Å². The van der Waals surface area contributed by atoms with Crippen molar-refractivity contribution < 1.29 is 24.5 Å². The van der Waals surface area contributed by atoms with E-state index >= 15 is 0 Å². The van der Waals surface area contributed by atoms with Crippen molar-refractivity contribution in [1.29, 1.82) is 0 Å². The average Bonchev–Trinajstić information content (AvgIpc) is 3.00. The lowest BCUT2D eigenvalue weighted by molar-refractivity contribution is -0.124. The van der Waals surface area contributed by atoms with Gasteiger partial charge in [-0.25, -0.2) is 0 Å². The number of nitrogens with zero attached hydrogens (tertiary/aromatic N) is 3. The zero-order valence-electron chi connectivity index (χ0n) is 16.8. The molecule has 1 atom stereocenters. The van der Waals surface area contributed by atoms with Crippen molar-refractivity contribution in [3.63, 3.8) is 0 Å². The second-order valence-electron chi connectivity index (χ2n) is 7.08. The minimum Gasteiger partial charge on any atom is -0.494 e. The van der Waals surface area contributed by atoms with Crippen LogP contribution in [0.15, 0.2) is 70.9 Å². The van der Waals surface area contributed by atoms with E-state index in [0.29, 0.717) is 16.5 Å². The maximum atomic E-state index is 12.3. The van der Waals surface area contributed by atoms with Gasteiger partial charge in [0.15, 0.2) is 6.10 Å². The van der Waals surface area contributed by atoms with E-state index in [4.69, 9.17) is 4.74 Å². The summed E-state index contributed by atoms with van der Waals surface area (Å²) < 4.78 is 6.82. The Morgan fingerprint density at radius 1 is 0.903 bits per heavy atom. The maximum Gasteiger partial charge on any atom is 0.304 e. The van der Waals surface area contributed by atoms with E-state index < -0.39 is 17.9 Å². The highest BCUT2D eigenvalue weighted by Crippen LogP contribution is 2.35. The minimum atomic E-state index is -0.935. The summed E-state index contributed by atoms with van der Waals surface area (Å²) in [4.78, 5) is 24.6. The number of fused-ring (bicyclic) bond motifs is 2. The Labute approximate surface area is 177 Å². The molecule has 0 radical (unpaired) electrons. The number of amides is 2. The van der Waals surface area contributed by atoms with Crippen molar-refractivity contribution in [3.05, 3.63) is 66.2 Å². The maximum absolute atomic E-state index is 12.3. The monoisotopic (exact) mass is 417 g/mol. The van der Waals surface area contributed by atoms with Crippen molar-refractivity contribution in [2.75, 3.05) is 0 Å². The highest BCUT2D eigenvalue weighted by Gasteiger charge is 2.18. The molecule has 0 fully saturated rings. The molecule has 1 unspecified atom stereocenters. The van der Waals surface area contributed by atoms with Crippen LogP contribution >= 0.6 is 0 Å². The summed E-state index contributed by atoms with van der Waals surface area (Å²) in [6.07, 6.45) is -0.935. The number of aromatic hydroxyl groups is 2. The molecule has 31 heavy (non-hydrogen) atoms. The lowest BCUT2D eigenvalue weighted by Crippen LogP contribution is -2.21. The first-order valence-corrected chi connectivity index (χ1v) is 9.51. The third kappa shape index (κ3) is 3.83. The molecule has 0 aliphatic rings. The summed E-state index contributed by atoms with van der Waals surface area (Å²) in [7, 11) is 1.49. The second-order valence-corrected chi connectivity index (χ2v) is 7.08. The number of ether oxygens (including phenoxy) is 1. The highest BCUT2D eigenvalue weighted by molar-refractivity contribution is 6.02. The van der Waals surface area contributed by atoms with E-state index in [2.05, 4.69) is 10.2 Å². The topological polar surface area (TPSA) is 113 Å². The molecular weight excluding hydrogens is 398 g/mol. The van der Waals surface area contributed by atoms with E-state index in [0.717, 1.165) is 10.8 Å². The summed E-state index contributed by atoms with van der Waals surface area (Å²) in [5.41, 5.74) is 0.119. The molecule has 1 heterocycles. The van der Waals surface area contributed by atoms with E-state index in [9.17, 15) is 19.8 Å². The number of rotatable bonds is 4. The standard InChI is InChI=1S/C23H19N3O5/c1-13(31-17-9-7-14-5-3-4-6-15(14)11-17)20(27)24-25-21(28)16-8-10-18-19(12-16)23(30)26(2)22(18)29/h3-13,29-30H,1-2H3. The van der Waals surface area contributed by atoms with Gasteiger partial charge in [-0.15, -0.1) is 10.2 Å². The second kappa shape index (κ2) is 7.91. The first kappa shape index (κ1) is 20.1. The molecule has 0 aliphatic heterocycles. The van der Waals surface area contributed by atoms with Crippen molar-refractivity contribution in [2.24, 2.45) is 17.3 Å². The number of hydrogen-bond donors (Lipinski definition) is 2. The van der Waals surface area contributed by atoms with Gasteiger partial charge in [0.25, 0.3) is 5.91 Å². The molecular formula is C23H19N3O5. The van der Waals surface area contributed by atoms with Crippen LogP contribution in [0.25, 0.3) is 21.5 Å². The van der Waals surface area contributed by atoms with Gasteiger partial charge in [-0.1, -0.05) is 30.3 Å². The largest absolute Gasteiger partial charge is 0.494 e. The van der Waals surface area contributed by atoms with Crippen LogP contribution in [0.2, 0.25) is 0 Å². The molecule has 156 valence electrons. The summed E-state index contributed by atoms with van der Waals surface area (Å²) in [5.74, 6) is -1.26. The number of carbonyl (C=O) groups excluding carboxylic acids is 2. The quantitative estimate of drug-likeness (QED) is 0.480. The predicted molar refractivity (Wildman–Crippen MR) is 114 cm³/mol. The van der Waals surface area contributed by atoms with E-state index in [1.165, 1.54) is 36.7 Å². The fourth-order valence-corrected chi connectivity index (χ4v) is 3.25. The Hall–Kier alpha value is -4.20. The zero-order valence-corrected chi connectivity index (χ0v) is 16.8. The smallest absolute Gasteiger partial charge is 0.304 e. The molecule has 8 nitrogen and oxygen atoms in total. The molecule has 0 aliphatic carbocycles. The summed E-state index contributed by atoms with van der Waals surface area (Å²) >= 11 is 0. The Balaban J connectivity index is 1.46. The lowest BCUT2D eigenvalue weighted by atomic mass is 10.1. The molecule has 0 saturated carbocycles.